The van der Waals surface area contributed by atoms with Gasteiger partial charge in [-0.1, -0.05) is 42.2 Å². The van der Waals surface area contributed by atoms with Gasteiger partial charge in [0.25, 0.3) is 5.91 Å². The van der Waals surface area contributed by atoms with Crippen molar-refractivity contribution in [2.24, 2.45) is 0 Å². The zero-order valence-corrected chi connectivity index (χ0v) is 15.8. The lowest BCUT2D eigenvalue weighted by Crippen LogP contribution is -2.27. The second-order valence-corrected chi connectivity index (χ2v) is 7.71. The van der Waals surface area contributed by atoms with Crippen LogP contribution in [0, 0.1) is 3.57 Å². The van der Waals surface area contributed by atoms with E-state index in [-0.39, 0.29) is 5.91 Å². The van der Waals surface area contributed by atoms with Gasteiger partial charge < -0.3 is 4.42 Å². The van der Waals surface area contributed by atoms with Gasteiger partial charge in [-0.3, -0.25) is 9.69 Å². The quantitative estimate of drug-likeness (QED) is 0.284. The van der Waals surface area contributed by atoms with E-state index in [9.17, 15) is 4.79 Å². The summed E-state index contributed by atoms with van der Waals surface area (Å²) in [6.07, 6.45) is 3.40. The summed E-state index contributed by atoms with van der Waals surface area (Å²) < 4.78 is 7.54. The van der Waals surface area contributed by atoms with Crippen molar-refractivity contribution in [3.8, 4) is 11.3 Å². The highest BCUT2D eigenvalue weighted by Gasteiger charge is 2.31. The molecule has 2 aromatic rings. The van der Waals surface area contributed by atoms with Crippen LogP contribution < -0.4 is 0 Å². The van der Waals surface area contributed by atoms with Crippen molar-refractivity contribution in [1.29, 1.82) is 0 Å². The molecule has 6 heteroatoms. The fraction of sp³-hybridized carbons (Fsp3) is 0.0588. The standard InChI is InChI=1S/C17H12INO2S2/c1-2-9-19-16(20)15(23-17(19)22)10-13-7-8-14(21-13)11-3-5-12(18)6-4-11/h2-8,10H,1,9H2/b15-10-. The van der Waals surface area contributed by atoms with Crippen LogP contribution in [0.1, 0.15) is 5.76 Å². The average Bonchev–Trinajstić information content (AvgIpc) is 3.09. The van der Waals surface area contributed by atoms with E-state index in [2.05, 4.69) is 29.2 Å². The molecule has 116 valence electrons. The van der Waals surface area contributed by atoms with Gasteiger partial charge in [0.05, 0.1) is 4.91 Å². The number of benzene rings is 1. The SMILES string of the molecule is C=CCN1C(=O)/C(=C/c2ccc(-c3ccc(I)cc3)o2)SC1=S. The van der Waals surface area contributed by atoms with Crippen molar-refractivity contribution >= 4 is 62.9 Å². The van der Waals surface area contributed by atoms with E-state index in [0.717, 1.165) is 11.3 Å². The van der Waals surface area contributed by atoms with Crippen LogP contribution in [0.25, 0.3) is 17.4 Å². The van der Waals surface area contributed by atoms with Crippen LogP contribution in [0.4, 0.5) is 0 Å². The number of nitrogens with zero attached hydrogens (tertiary/aromatic N) is 1. The first-order chi connectivity index (χ1) is 11.1. The third-order valence-corrected chi connectivity index (χ3v) is 5.31. The minimum atomic E-state index is -0.105. The zero-order chi connectivity index (χ0) is 16.4. The van der Waals surface area contributed by atoms with Crippen LogP contribution in [0.5, 0.6) is 0 Å². The number of furan rings is 1. The molecule has 3 rings (SSSR count). The highest BCUT2D eigenvalue weighted by atomic mass is 127. The molecule has 0 aliphatic carbocycles. The second-order valence-electron chi connectivity index (χ2n) is 4.79. The Bertz CT molecular complexity index is 808. The van der Waals surface area contributed by atoms with Crippen LogP contribution in [0.3, 0.4) is 0 Å². The van der Waals surface area contributed by atoms with Crippen LogP contribution in [0.2, 0.25) is 0 Å². The molecule has 2 heterocycles. The summed E-state index contributed by atoms with van der Waals surface area (Å²) in [7, 11) is 0. The third-order valence-electron chi connectivity index (χ3n) is 3.21. The number of halogens is 1. The number of thiocarbonyl (C=S) groups is 1. The Kier molecular flexibility index (Phi) is 5.03. The molecule has 1 saturated heterocycles. The maximum atomic E-state index is 12.3. The molecule has 1 aliphatic rings. The van der Waals surface area contributed by atoms with Crippen molar-refractivity contribution in [3.05, 3.63) is 63.3 Å². The summed E-state index contributed by atoms with van der Waals surface area (Å²) in [5, 5.41) is 0. The number of carbonyl (C=O) groups is 1. The van der Waals surface area contributed by atoms with Gasteiger partial charge in [-0.2, -0.15) is 0 Å². The second kappa shape index (κ2) is 7.02. The molecule has 1 amide bonds. The van der Waals surface area contributed by atoms with Crippen molar-refractivity contribution < 1.29 is 9.21 Å². The molecule has 0 spiro atoms. The first-order valence-electron chi connectivity index (χ1n) is 6.80. The van der Waals surface area contributed by atoms with Gasteiger partial charge in [0, 0.05) is 21.8 Å². The summed E-state index contributed by atoms with van der Waals surface area (Å²) in [6.45, 7) is 4.07. The molecular weight excluding hydrogens is 441 g/mol. The van der Waals surface area contributed by atoms with E-state index in [1.807, 2.05) is 36.4 Å². The topological polar surface area (TPSA) is 33.5 Å². The smallest absolute Gasteiger partial charge is 0.266 e. The van der Waals surface area contributed by atoms with Gasteiger partial charge in [-0.15, -0.1) is 6.58 Å². The van der Waals surface area contributed by atoms with E-state index >= 15 is 0 Å². The highest BCUT2D eigenvalue weighted by Crippen LogP contribution is 2.33. The third kappa shape index (κ3) is 3.59. The Balaban J connectivity index is 1.84. The molecule has 1 aromatic carbocycles. The number of hydrogen-bond acceptors (Lipinski definition) is 4. The number of rotatable bonds is 4. The Morgan fingerprint density at radius 3 is 2.70 bits per heavy atom. The van der Waals surface area contributed by atoms with E-state index in [1.165, 1.54) is 20.2 Å². The van der Waals surface area contributed by atoms with Gasteiger partial charge >= 0.3 is 0 Å². The van der Waals surface area contributed by atoms with Crippen LogP contribution in [0.15, 0.2) is 58.4 Å². The van der Waals surface area contributed by atoms with Crippen LogP contribution in [-0.4, -0.2) is 21.7 Å². The average molecular weight is 453 g/mol. The Hall–Kier alpha value is -1.38. The molecule has 23 heavy (non-hydrogen) atoms. The Morgan fingerprint density at radius 1 is 1.26 bits per heavy atom. The predicted octanol–water partition coefficient (Wildman–Crippen LogP) is 4.94. The predicted molar refractivity (Wildman–Crippen MR) is 107 cm³/mol. The van der Waals surface area contributed by atoms with Crippen LogP contribution >= 0.6 is 46.6 Å². The van der Waals surface area contributed by atoms with Gasteiger partial charge in [0.2, 0.25) is 0 Å². The number of amides is 1. The first kappa shape index (κ1) is 16.5. The fourth-order valence-corrected chi connectivity index (χ4v) is 3.73. The fourth-order valence-electron chi connectivity index (χ4n) is 2.12. The minimum absolute atomic E-state index is 0.105. The summed E-state index contributed by atoms with van der Waals surface area (Å²) in [4.78, 5) is 14.4. The molecule has 1 aliphatic heterocycles. The summed E-state index contributed by atoms with van der Waals surface area (Å²) in [6, 6.07) is 11.8. The maximum Gasteiger partial charge on any atom is 0.266 e. The van der Waals surface area contributed by atoms with Crippen molar-refractivity contribution in [1.82, 2.24) is 4.90 Å². The monoisotopic (exact) mass is 453 g/mol. The number of hydrogen-bond donors (Lipinski definition) is 0. The van der Waals surface area contributed by atoms with E-state index < -0.39 is 0 Å². The van der Waals surface area contributed by atoms with Crippen LogP contribution in [-0.2, 0) is 4.79 Å². The van der Waals surface area contributed by atoms with E-state index in [0.29, 0.717) is 21.5 Å². The zero-order valence-electron chi connectivity index (χ0n) is 12.0. The molecular formula is C17H12INO2S2. The van der Waals surface area contributed by atoms with Crippen molar-refractivity contribution in [3.63, 3.8) is 0 Å². The highest BCUT2D eigenvalue weighted by molar-refractivity contribution is 14.1. The molecule has 0 unspecified atom stereocenters. The lowest BCUT2D eigenvalue weighted by molar-refractivity contribution is -0.121. The molecule has 0 N–H and O–H groups in total. The number of carbonyl (C=O) groups excluding carboxylic acids is 1. The van der Waals surface area contributed by atoms with Crippen molar-refractivity contribution in [2.45, 2.75) is 0 Å². The first-order valence-corrected chi connectivity index (χ1v) is 9.11. The molecule has 1 fully saturated rings. The summed E-state index contributed by atoms with van der Waals surface area (Å²) in [5.74, 6) is 1.30. The summed E-state index contributed by atoms with van der Waals surface area (Å²) in [5.41, 5.74) is 1.00. The van der Waals surface area contributed by atoms with Gasteiger partial charge in [-0.05, 0) is 46.9 Å². The Morgan fingerprint density at radius 2 is 2.00 bits per heavy atom. The lowest BCUT2D eigenvalue weighted by atomic mass is 10.2. The lowest BCUT2D eigenvalue weighted by Gasteiger charge is -2.10. The maximum absolute atomic E-state index is 12.3. The minimum Gasteiger partial charge on any atom is -0.457 e. The molecule has 0 atom stereocenters. The largest absolute Gasteiger partial charge is 0.457 e. The van der Waals surface area contributed by atoms with Gasteiger partial charge in [-0.25, -0.2) is 0 Å². The molecule has 0 saturated carbocycles. The van der Waals surface area contributed by atoms with Gasteiger partial charge in [0.1, 0.15) is 15.8 Å². The normalized spacial score (nSPS) is 16.4. The summed E-state index contributed by atoms with van der Waals surface area (Å²) >= 11 is 8.76. The van der Waals surface area contributed by atoms with E-state index in [4.69, 9.17) is 16.6 Å². The van der Waals surface area contributed by atoms with Crippen molar-refractivity contribution in [2.75, 3.05) is 6.54 Å². The molecule has 3 nitrogen and oxygen atoms in total. The van der Waals surface area contributed by atoms with E-state index in [1.54, 1.807) is 12.2 Å². The number of thioether (sulfide) groups is 1. The van der Waals surface area contributed by atoms with Gasteiger partial charge in [0.15, 0.2) is 0 Å². The molecule has 0 radical (unpaired) electrons. The Labute approximate surface area is 157 Å². The molecule has 0 bridgehead atoms. The molecule has 1 aromatic heterocycles.